The molecule has 0 spiro atoms. The van der Waals surface area contributed by atoms with E-state index in [0.717, 1.165) is 41.5 Å². The summed E-state index contributed by atoms with van der Waals surface area (Å²) in [5.41, 5.74) is 3.56. The van der Waals surface area contributed by atoms with Crippen molar-refractivity contribution < 1.29 is 4.74 Å². The fourth-order valence-corrected chi connectivity index (χ4v) is 3.99. The maximum atomic E-state index is 12.8. The maximum absolute atomic E-state index is 12.8. The predicted molar refractivity (Wildman–Crippen MR) is 122 cm³/mol. The van der Waals surface area contributed by atoms with Gasteiger partial charge in [-0.25, -0.2) is 0 Å². The molecule has 2 aromatic heterocycles. The van der Waals surface area contributed by atoms with Gasteiger partial charge in [-0.3, -0.25) is 9.78 Å². The van der Waals surface area contributed by atoms with Crippen molar-refractivity contribution in [3.05, 3.63) is 75.8 Å². The molecule has 4 rings (SSSR count). The number of pyridine rings is 2. The van der Waals surface area contributed by atoms with Crippen LogP contribution in [0.1, 0.15) is 29.5 Å². The topological polar surface area (TPSA) is 70.2 Å². The number of nitrogens with zero attached hydrogens (tertiary/aromatic N) is 2. The quantitative estimate of drug-likeness (QED) is 0.594. The lowest BCUT2D eigenvalue weighted by Crippen LogP contribution is -2.42. The minimum Gasteiger partial charge on any atom is -0.376 e. The molecule has 0 aliphatic carbocycles. The molecule has 1 unspecified atom stereocenters. The molecule has 0 saturated carbocycles. The molecule has 0 bridgehead atoms. The maximum Gasteiger partial charge on any atom is 0.253 e. The second-order valence-electron chi connectivity index (χ2n) is 7.70. The third-order valence-electron chi connectivity index (χ3n) is 5.41. The predicted octanol–water partition coefficient (Wildman–Crippen LogP) is 3.29. The van der Waals surface area contributed by atoms with Crippen LogP contribution in [-0.2, 0) is 17.8 Å². The van der Waals surface area contributed by atoms with Crippen LogP contribution in [0, 0.1) is 6.92 Å². The van der Waals surface area contributed by atoms with Crippen molar-refractivity contribution in [3.8, 4) is 0 Å². The molecule has 1 fully saturated rings. The molecule has 30 heavy (non-hydrogen) atoms. The molecule has 3 aromatic rings. The lowest BCUT2D eigenvalue weighted by atomic mass is 10.1. The van der Waals surface area contributed by atoms with E-state index in [4.69, 9.17) is 17.0 Å². The van der Waals surface area contributed by atoms with Crippen molar-refractivity contribution >= 4 is 28.2 Å². The van der Waals surface area contributed by atoms with Crippen molar-refractivity contribution in [2.75, 3.05) is 13.2 Å². The van der Waals surface area contributed by atoms with E-state index >= 15 is 0 Å². The molecule has 0 amide bonds. The summed E-state index contributed by atoms with van der Waals surface area (Å²) >= 11 is 5.69. The van der Waals surface area contributed by atoms with E-state index in [1.807, 2.05) is 54.4 Å². The van der Waals surface area contributed by atoms with Gasteiger partial charge in [0, 0.05) is 37.7 Å². The number of ether oxygens (including phenoxy) is 1. The smallest absolute Gasteiger partial charge is 0.253 e. The van der Waals surface area contributed by atoms with Crippen LogP contribution in [-0.4, -0.2) is 39.2 Å². The molecule has 156 valence electrons. The summed E-state index contributed by atoms with van der Waals surface area (Å²) in [5, 5.41) is 4.96. The Morgan fingerprint density at radius 3 is 3.00 bits per heavy atom. The van der Waals surface area contributed by atoms with Crippen LogP contribution < -0.4 is 10.9 Å². The molecule has 2 N–H and O–H groups in total. The van der Waals surface area contributed by atoms with Crippen LogP contribution in [0.3, 0.4) is 0 Å². The van der Waals surface area contributed by atoms with Gasteiger partial charge in [0.1, 0.15) is 0 Å². The Hall–Kier alpha value is -2.77. The fourth-order valence-electron chi connectivity index (χ4n) is 3.78. The highest BCUT2D eigenvalue weighted by atomic mass is 32.1. The van der Waals surface area contributed by atoms with Gasteiger partial charge in [0.25, 0.3) is 5.56 Å². The molecule has 1 aromatic carbocycles. The van der Waals surface area contributed by atoms with E-state index < -0.39 is 0 Å². The Morgan fingerprint density at radius 1 is 1.33 bits per heavy atom. The summed E-state index contributed by atoms with van der Waals surface area (Å²) in [7, 11) is 0. The molecule has 3 heterocycles. The largest absolute Gasteiger partial charge is 0.376 e. The summed E-state index contributed by atoms with van der Waals surface area (Å²) < 4.78 is 5.69. The van der Waals surface area contributed by atoms with Gasteiger partial charge >= 0.3 is 0 Å². The molecule has 1 atom stereocenters. The Labute approximate surface area is 181 Å². The highest BCUT2D eigenvalue weighted by molar-refractivity contribution is 7.80. The van der Waals surface area contributed by atoms with Crippen LogP contribution in [0.25, 0.3) is 10.9 Å². The van der Waals surface area contributed by atoms with Gasteiger partial charge in [0.15, 0.2) is 5.11 Å². The van der Waals surface area contributed by atoms with Gasteiger partial charge in [-0.2, -0.15) is 0 Å². The van der Waals surface area contributed by atoms with Crippen LogP contribution in [0.4, 0.5) is 0 Å². The van der Waals surface area contributed by atoms with Crippen LogP contribution in [0.15, 0.2) is 53.6 Å². The summed E-state index contributed by atoms with van der Waals surface area (Å²) in [6, 6.07) is 11.9. The number of fused-ring (bicyclic) bond motifs is 1. The second-order valence-corrected chi connectivity index (χ2v) is 8.09. The van der Waals surface area contributed by atoms with Crippen LogP contribution in [0.2, 0.25) is 0 Å². The Balaban J connectivity index is 1.57. The van der Waals surface area contributed by atoms with Gasteiger partial charge in [-0.1, -0.05) is 24.3 Å². The molecule has 6 nitrogen and oxygen atoms in total. The first-order valence-electron chi connectivity index (χ1n) is 10.2. The molecule has 1 saturated heterocycles. The van der Waals surface area contributed by atoms with Crippen molar-refractivity contribution in [1.29, 1.82) is 0 Å². The highest BCUT2D eigenvalue weighted by Gasteiger charge is 2.18. The van der Waals surface area contributed by atoms with E-state index in [0.29, 0.717) is 30.3 Å². The van der Waals surface area contributed by atoms with E-state index in [9.17, 15) is 4.79 Å². The van der Waals surface area contributed by atoms with Crippen molar-refractivity contribution in [2.24, 2.45) is 0 Å². The molecule has 1 aliphatic rings. The zero-order valence-corrected chi connectivity index (χ0v) is 17.9. The lowest BCUT2D eigenvalue weighted by molar-refractivity contribution is 0.113. The average molecular weight is 423 g/mol. The summed E-state index contributed by atoms with van der Waals surface area (Å²) in [4.78, 5) is 22.0. The minimum atomic E-state index is -0.0880. The lowest BCUT2D eigenvalue weighted by Gasteiger charge is -2.26. The van der Waals surface area contributed by atoms with Gasteiger partial charge in [-0.05, 0) is 60.6 Å². The molecule has 7 heteroatoms. The first-order valence-corrected chi connectivity index (χ1v) is 10.7. The number of nitrogens with one attached hydrogen (secondary N) is 2. The van der Waals surface area contributed by atoms with Gasteiger partial charge < -0.3 is 19.9 Å². The molecule has 1 aliphatic heterocycles. The summed E-state index contributed by atoms with van der Waals surface area (Å²) in [5.74, 6) is 0. The fraction of sp³-hybridized carbons (Fsp3) is 0.348. The second kappa shape index (κ2) is 9.36. The SMILES string of the molecule is Cc1cccc2cc(CN(Cc3cccnc3)C(=S)NCC3CCCO3)c(=O)[nH]c12. The van der Waals surface area contributed by atoms with Gasteiger partial charge in [0.2, 0.25) is 0 Å². The number of aromatic amines is 1. The first-order chi connectivity index (χ1) is 14.6. The zero-order valence-electron chi connectivity index (χ0n) is 17.1. The third-order valence-corrected chi connectivity index (χ3v) is 5.82. The van der Waals surface area contributed by atoms with Crippen molar-refractivity contribution in [1.82, 2.24) is 20.2 Å². The number of aromatic nitrogens is 2. The Morgan fingerprint density at radius 2 is 2.23 bits per heavy atom. The molecular weight excluding hydrogens is 396 g/mol. The number of hydrogen-bond acceptors (Lipinski definition) is 4. The minimum absolute atomic E-state index is 0.0880. The molecule has 0 radical (unpaired) electrons. The number of thiocarbonyl (C=S) groups is 1. The monoisotopic (exact) mass is 422 g/mol. The zero-order chi connectivity index (χ0) is 20.9. The van der Waals surface area contributed by atoms with E-state index in [1.54, 1.807) is 6.20 Å². The number of aryl methyl sites for hydroxylation is 1. The van der Waals surface area contributed by atoms with E-state index in [-0.39, 0.29) is 11.7 Å². The third kappa shape index (κ3) is 4.86. The van der Waals surface area contributed by atoms with Crippen molar-refractivity contribution in [3.63, 3.8) is 0 Å². The van der Waals surface area contributed by atoms with E-state index in [1.165, 1.54) is 0 Å². The number of para-hydroxylation sites is 1. The Bertz CT molecular complexity index is 1080. The number of H-pyrrole nitrogens is 1. The highest BCUT2D eigenvalue weighted by Crippen LogP contribution is 2.17. The summed E-state index contributed by atoms with van der Waals surface area (Å²) in [6.45, 7) is 4.46. The van der Waals surface area contributed by atoms with Gasteiger partial charge in [0.05, 0.1) is 18.2 Å². The van der Waals surface area contributed by atoms with Gasteiger partial charge in [-0.15, -0.1) is 0 Å². The van der Waals surface area contributed by atoms with Crippen LogP contribution >= 0.6 is 12.2 Å². The Kier molecular flexibility index (Phi) is 6.40. The number of benzene rings is 1. The van der Waals surface area contributed by atoms with Crippen molar-refractivity contribution in [2.45, 2.75) is 39.0 Å². The number of hydrogen-bond donors (Lipinski definition) is 2. The average Bonchev–Trinajstić information content (AvgIpc) is 3.27. The molecular formula is C23H26N4O2S. The standard InChI is InChI=1S/C23H26N4O2S/c1-16-5-2-7-18-11-19(22(28)26-21(16)18)15-27(14-17-6-3-9-24-12-17)23(30)25-13-20-8-4-10-29-20/h2-3,5-7,9,11-12,20H,4,8,10,13-15H2,1H3,(H,25,30)(H,26,28). The van der Waals surface area contributed by atoms with Crippen LogP contribution in [0.5, 0.6) is 0 Å². The van der Waals surface area contributed by atoms with E-state index in [2.05, 4.69) is 15.3 Å². The number of rotatable bonds is 6. The summed E-state index contributed by atoms with van der Waals surface area (Å²) in [6.07, 6.45) is 5.89. The first kappa shape index (κ1) is 20.5. The normalized spacial score (nSPS) is 16.0.